The Labute approximate surface area is 119 Å². The monoisotopic (exact) mass is 276 g/mol. The molecule has 0 aliphatic carbocycles. The zero-order chi connectivity index (χ0) is 14.0. The summed E-state index contributed by atoms with van der Waals surface area (Å²) >= 11 is 6.47. The van der Waals surface area contributed by atoms with Gasteiger partial charge in [0.05, 0.1) is 5.38 Å². The van der Waals surface area contributed by atoms with Crippen molar-refractivity contribution in [1.29, 1.82) is 0 Å². The normalized spacial score (nSPS) is 12.7. The lowest BCUT2D eigenvalue weighted by Crippen LogP contribution is -1.98. The number of benzene rings is 2. The van der Waals surface area contributed by atoms with Crippen molar-refractivity contribution in [2.75, 3.05) is 0 Å². The van der Waals surface area contributed by atoms with Gasteiger partial charge in [-0.3, -0.25) is 0 Å². The van der Waals surface area contributed by atoms with E-state index in [1.165, 1.54) is 17.7 Å². The Kier molecular flexibility index (Phi) is 4.26. The quantitative estimate of drug-likeness (QED) is 0.642. The van der Waals surface area contributed by atoms with Crippen molar-refractivity contribution in [3.05, 3.63) is 70.5 Å². The highest BCUT2D eigenvalue weighted by atomic mass is 35.5. The minimum atomic E-state index is -0.308. The summed E-state index contributed by atoms with van der Waals surface area (Å²) in [6.07, 6.45) is 0. The van der Waals surface area contributed by atoms with Gasteiger partial charge in [-0.1, -0.05) is 44.2 Å². The molecule has 0 fully saturated rings. The fourth-order valence-electron chi connectivity index (χ4n) is 2.11. The zero-order valence-corrected chi connectivity index (χ0v) is 12.2. The van der Waals surface area contributed by atoms with E-state index in [9.17, 15) is 4.39 Å². The fraction of sp³-hybridized carbons (Fsp3) is 0.294. The molecular formula is C17H18ClF. The Morgan fingerprint density at radius 3 is 2.11 bits per heavy atom. The molecule has 0 N–H and O–H groups in total. The average Bonchev–Trinajstić information content (AvgIpc) is 2.41. The zero-order valence-electron chi connectivity index (χ0n) is 11.5. The first-order valence-corrected chi connectivity index (χ1v) is 6.92. The minimum Gasteiger partial charge on any atom is -0.207 e. The van der Waals surface area contributed by atoms with E-state index in [1.54, 1.807) is 6.07 Å². The molecule has 1 unspecified atom stereocenters. The second-order valence-electron chi connectivity index (χ2n) is 5.18. The van der Waals surface area contributed by atoms with Crippen LogP contribution in [0.5, 0.6) is 0 Å². The molecule has 0 saturated heterocycles. The molecule has 0 nitrogen and oxygen atoms in total. The van der Waals surface area contributed by atoms with Gasteiger partial charge in [0.25, 0.3) is 0 Å². The molecule has 0 bridgehead atoms. The van der Waals surface area contributed by atoms with E-state index in [4.69, 9.17) is 11.6 Å². The summed E-state index contributed by atoms with van der Waals surface area (Å²) in [5.74, 6) is 0.254. The van der Waals surface area contributed by atoms with Gasteiger partial charge < -0.3 is 0 Å². The molecular weight excluding hydrogens is 259 g/mol. The van der Waals surface area contributed by atoms with Crippen LogP contribution < -0.4 is 0 Å². The molecule has 2 aromatic carbocycles. The Morgan fingerprint density at radius 1 is 0.947 bits per heavy atom. The van der Waals surface area contributed by atoms with Crippen LogP contribution in [0.25, 0.3) is 0 Å². The van der Waals surface area contributed by atoms with Crippen molar-refractivity contribution in [2.45, 2.75) is 32.1 Å². The largest absolute Gasteiger partial charge is 0.207 e. The van der Waals surface area contributed by atoms with Gasteiger partial charge in [0.1, 0.15) is 5.82 Å². The van der Waals surface area contributed by atoms with E-state index in [0.29, 0.717) is 5.92 Å². The topological polar surface area (TPSA) is 0 Å². The SMILES string of the molecule is Cc1ccc(F)cc1C(Cl)c1ccc(C(C)C)cc1. The van der Waals surface area contributed by atoms with Crippen molar-refractivity contribution in [3.63, 3.8) is 0 Å². The minimum absolute atomic E-state index is 0.245. The van der Waals surface area contributed by atoms with E-state index in [1.807, 2.05) is 19.1 Å². The van der Waals surface area contributed by atoms with Crippen LogP contribution in [0.3, 0.4) is 0 Å². The van der Waals surface area contributed by atoms with Crippen molar-refractivity contribution in [3.8, 4) is 0 Å². The molecule has 2 heteroatoms. The average molecular weight is 277 g/mol. The van der Waals surface area contributed by atoms with E-state index in [-0.39, 0.29) is 11.2 Å². The number of halogens is 2. The number of aryl methyl sites for hydroxylation is 1. The maximum absolute atomic E-state index is 13.3. The van der Waals surface area contributed by atoms with Gasteiger partial charge in [0, 0.05) is 0 Å². The maximum Gasteiger partial charge on any atom is 0.123 e. The van der Waals surface area contributed by atoms with Crippen LogP contribution >= 0.6 is 11.6 Å². The number of hydrogen-bond donors (Lipinski definition) is 0. The van der Waals surface area contributed by atoms with E-state index < -0.39 is 0 Å². The van der Waals surface area contributed by atoms with Crippen LogP contribution in [-0.2, 0) is 0 Å². The van der Waals surface area contributed by atoms with E-state index >= 15 is 0 Å². The highest BCUT2D eigenvalue weighted by Gasteiger charge is 2.14. The fourth-order valence-corrected chi connectivity index (χ4v) is 2.49. The Hall–Kier alpha value is -1.34. The van der Waals surface area contributed by atoms with Crippen molar-refractivity contribution < 1.29 is 4.39 Å². The van der Waals surface area contributed by atoms with Crippen LogP contribution in [0.1, 0.15) is 47.4 Å². The first-order valence-electron chi connectivity index (χ1n) is 6.49. The molecule has 0 aromatic heterocycles. The summed E-state index contributed by atoms with van der Waals surface area (Å²) in [6.45, 7) is 6.26. The summed E-state index contributed by atoms with van der Waals surface area (Å²) in [4.78, 5) is 0. The lowest BCUT2D eigenvalue weighted by Gasteiger charge is -2.14. The van der Waals surface area contributed by atoms with E-state index in [2.05, 4.69) is 26.0 Å². The molecule has 2 rings (SSSR count). The smallest absolute Gasteiger partial charge is 0.123 e. The lowest BCUT2D eigenvalue weighted by molar-refractivity contribution is 0.625. The second kappa shape index (κ2) is 5.75. The van der Waals surface area contributed by atoms with Gasteiger partial charge >= 0.3 is 0 Å². The summed E-state index contributed by atoms with van der Waals surface area (Å²) < 4.78 is 13.3. The summed E-state index contributed by atoms with van der Waals surface area (Å²) in [5.41, 5.74) is 4.12. The highest BCUT2D eigenvalue weighted by molar-refractivity contribution is 6.22. The van der Waals surface area contributed by atoms with Gasteiger partial charge in [-0.25, -0.2) is 4.39 Å². The van der Waals surface area contributed by atoms with Crippen molar-refractivity contribution in [1.82, 2.24) is 0 Å². The predicted molar refractivity (Wildman–Crippen MR) is 79.4 cm³/mol. The maximum atomic E-state index is 13.3. The van der Waals surface area contributed by atoms with Gasteiger partial charge in [0.2, 0.25) is 0 Å². The molecule has 0 aliphatic rings. The molecule has 0 aliphatic heterocycles. The van der Waals surface area contributed by atoms with Gasteiger partial charge in [0.15, 0.2) is 0 Å². The van der Waals surface area contributed by atoms with E-state index in [0.717, 1.165) is 16.7 Å². The number of alkyl halides is 1. The second-order valence-corrected chi connectivity index (χ2v) is 5.62. The molecule has 100 valence electrons. The van der Waals surface area contributed by atoms with Crippen LogP contribution in [0, 0.1) is 12.7 Å². The molecule has 0 spiro atoms. The molecule has 0 radical (unpaired) electrons. The third kappa shape index (κ3) is 3.16. The van der Waals surface area contributed by atoms with Crippen LogP contribution in [0.4, 0.5) is 4.39 Å². The highest BCUT2D eigenvalue weighted by Crippen LogP contribution is 2.32. The lowest BCUT2D eigenvalue weighted by atomic mass is 9.96. The van der Waals surface area contributed by atoms with Gasteiger partial charge in [-0.2, -0.15) is 0 Å². The molecule has 2 aromatic rings. The molecule has 0 amide bonds. The van der Waals surface area contributed by atoms with Crippen molar-refractivity contribution >= 4 is 11.6 Å². The Bertz CT molecular complexity index is 558. The summed E-state index contributed by atoms with van der Waals surface area (Å²) in [5, 5.41) is -0.308. The van der Waals surface area contributed by atoms with Gasteiger partial charge in [-0.05, 0) is 47.2 Å². The Morgan fingerprint density at radius 2 is 1.53 bits per heavy atom. The molecule has 19 heavy (non-hydrogen) atoms. The van der Waals surface area contributed by atoms with Crippen LogP contribution in [0.2, 0.25) is 0 Å². The third-order valence-corrected chi connectivity index (χ3v) is 3.90. The number of rotatable bonds is 3. The molecule has 0 saturated carbocycles. The standard InChI is InChI=1S/C17H18ClF/c1-11(2)13-5-7-14(8-6-13)17(18)16-10-15(19)9-4-12(16)3/h4-11,17H,1-3H3. The Balaban J connectivity index is 2.33. The molecule has 0 heterocycles. The van der Waals surface area contributed by atoms with Crippen molar-refractivity contribution in [2.24, 2.45) is 0 Å². The number of hydrogen-bond acceptors (Lipinski definition) is 0. The molecule has 1 atom stereocenters. The third-order valence-electron chi connectivity index (χ3n) is 3.41. The van der Waals surface area contributed by atoms with Crippen LogP contribution in [-0.4, -0.2) is 0 Å². The van der Waals surface area contributed by atoms with Gasteiger partial charge in [-0.15, -0.1) is 11.6 Å². The summed E-state index contributed by atoms with van der Waals surface area (Å²) in [6, 6.07) is 13.0. The summed E-state index contributed by atoms with van der Waals surface area (Å²) in [7, 11) is 0. The van der Waals surface area contributed by atoms with Crippen LogP contribution in [0.15, 0.2) is 42.5 Å². The first-order chi connectivity index (χ1) is 8.99. The predicted octanol–water partition coefficient (Wildman–Crippen LogP) is 5.59. The first kappa shape index (κ1) is 14.1.